The summed E-state index contributed by atoms with van der Waals surface area (Å²) < 4.78 is 52.0. The lowest BCUT2D eigenvalue weighted by molar-refractivity contribution is 0.498. The smallest absolute Gasteiger partial charge is 0.240 e. The molecule has 2 aliphatic rings. The van der Waals surface area contributed by atoms with E-state index in [0.29, 0.717) is 6.54 Å². The van der Waals surface area contributed by atoms with E-state index in [1.54, 1.807) is 4.90 Å². The normalized spacial score (nSPS) is 20.1. The van der Waals surface area contributed by atoms with E-state index in [0.717, 1.165) is 25.7 Å². The van der Waals surface area contributed by atoms with Crippen LogP contribution >= 0.6 is 11.6 Å². The summed E-state index contributed by atoms with van der Waals surface area (Å²) in [6.07, 6.45) is 7.31. The summed E-state index contributed by atoms with van der Waals surface area (Å²) in [6, 6.07) is 0. The molecule has 1 aliphatic carbocycles. The molecule has 0 amide bonds. The third-order valence-corrected chi connectivity index (χ3v) is 6.53. The molecule has 0 spiro atoms. The van der Waals surface area contributed by atoms with Gasteiger partial charge >= 0.3 is 0 Å². The van der Waals surface area contributed by atoms with Gasteiger partial charge in [0.05, 0.1) is 5.75 Å². The molecular formula is C15H17ClF2N2O2S. The molecule has 1 aromatic heterocycles. The molecule has 0 bridgehead atoms. The molecule has 0 atom stereocenters. The van der Waals surface area contributed by atoms with Crippen molar-refractivity contribution in [2.75, 3.05) is 23.7 Å². The third-order valence-electron chi connectivity index (χ3n) is 4.33. The number of rotatable bonds is 3. The van der Waals surface area contributed by atoms with Gasteiger partial charge < -0.3 is 4.90 Å². The Morgan fingerprint density at radius 1 is 1.26 bits per heavy atom. The first-order valence-corrected chi connectivity index (χ1v) is 9.63. The predicted molar refractivity (Wildman–Crippen MR) is 84.6 cm³/mol. The second-order valence-electron chi connectivity index (χ2n) is 5.85. The molecule has 0 radical (unpaired) electrons. The first kappa shape index (κ1) is 16.6. The van der Waals surface area contributed by atoms with E-state index in [1.807, 2.05) is 0 Å². The highest BCUT2D eigenvalue weighted by Gasteiger charge is 2.36. The zero-order valence-electron chi connectivity index (χ0n) is 12.5. The van der Waals surface area contributed by atoms with Gasteiger partial charge in [-0.2, -0.15) is 13.8 Å². The van der Waals surface area contributed by atoms with Crippen molar-refractivity contribution in [2.45, 2.75) is 37.0 Å². The van der Waals surface area contributed by atoms with E-state index >= 15 is 0 Å². The zero-order chi connectivity index (χ0) is 16.6. The summed E-state index contributed by atoms with van der Waals surface area (Å²) in [5.41, 5.74) is 1.10. The van der Waals surface area contributed by atoms with Crippen LogP contribution in [0.5, 0.6) is 0 Å². The Bertz CT molecular complexity index is 765. The molecule has 2 heterocycles. The molecule has 23 heavy (non-hydrogen) atoms. The Morgan fingerprint density at radius 2 is 2.04 bits per heavy atom. The van der Waals surface area contributed by atoms with E-state index in [1.165, 1.54) is 12.0 Å². The fourth-order valence-electron chi connectivity index (χ4n) is 3.12. The molecule has 1 aliphatic heterocycles. The second-order valence-corrected chi connectivity index (χ2v) is 8.27. The van der Waals surface area contributed by atoms with Crippen LogP contribution < -0.4 is 4.90 Å². The minimum Gasteiger partial charge on any atom is -0.365 e. The molecular weight excluding hydrogens is 346 g/mol. The van der Waals surface area contributed by atoms with Gasteiger partial charge in [0.1, 0.15) is 15.6 Å². The fourth-order valence-corrected chi connectivity index (χ4v) is 5.13. The first-order valence-electron chi connectivity index (χ1n) is 7.60. The number of pyridine rings is 1. The van der Waals surface area contributed by atoms with Crippen LogP contribution in [0, 0.1) is 11.9 Å². The summed E-state index contributed by atoms with van der Waals surface area (Å²) in [5, 5.41) is -0.622. The van der Waals surface area contributed by atoms with Gasteiger partial charge in [0.2, 0.25) is 11.9 Å². The van der Waals surface area contributed by atoms with Crippen LogP contribution in [0.15, 0.2) is 16.5 Å². The Morgan fingerprint density at radius 3 is 2.74 bits per heavy atom. The third kappa shape index (κ3) is 3.21. The topological polar surface area (TPSA) is 50.3 Å². The Balaban J connectivity index is 1.94. The molecule has 0 aromatic carbocycles. The lowest BCUT2D eigenvalue weighted by Crippen LogP contribution is -2.37. The number of hydrogen-bond donors (Lipinski definition) is 0. The number of allylic oxidation sites excluding steroid dienone is 1. The molecule has 126 valence electrons. The summed E-state index contributed by atoms with van der Waals surface area (Å²) in [5.74, 6) is -2.62. The molecule has 0 fully saturated rings. The molecule has 0 saturated carbocycles. The van der Waals surface area contributed by atoms with E-state index < -0.39 is 31.7 Å². The highest BCUT2D eigenvalue weighted by atomic mass is 35.5. The summed E-state index contributed by atoms with van der Waals surface area (Å²) in [7, 11) is -3.80. The fraction of sp³-hybridized carbons (Fsp3) is 0.533. The maximum Gasteiger partial charge on any atom is 0.240 e. The molecule has 1 aromatic rings. The van der Waals surface area contributed by atoms with Crippen molar-refractivity contribution in [1.29, 1.82) is 0 Å². The van der Waals surface area contributed by atoms with Crippen LogP contribution in [0.4, 0.5) is 14.5 Å². The molecule has 0 N–H and O–H groups in total. The van der Waals surface area contributed by atoms with Crippen LogP contribution in [0.1, 0.15) is 32.1 Å². The van der Waals surface area contributed by atoms with Crippen molar-refractivity contribution in [3.63, 3.8) is 0 Å². The molecule has 8 heteroatoms. The van der Waals surface area contributed by atoms with Crippen LogP contribution in [0.3, 0.4) is 0 Å². The van der Waals surface area contributed by atoms with Crippen molar-refractivity contribution in [3.8, 4) is 0 Å². The van der Waals surface area contributed by atoms with Crippen molar-refractivity contribution in [1.82, 2.24) is 4.98 Å². The monoisotopic (exact) mass is 362 g/mol. The van der Waals surface area contributed by atoms with E-state index in [2.05, 4.69) is 11.1 Å². The maximum absolute atomic E-state index is 14.1. The quantitative estimate of drug-likeness (QED) is 0.610. The van der Waals surface area contributed by atoms with Crippen LogP contribution in [0.25, 0.3) is 0 Å². The Kier molecular flexibility index (Phi) is 4.60. The van der Waals surface area contributed by atoms with Crippen molar-refractivity contribution >= 4 is 27.1 Å². The first-order chi connectivity index (χ1) is 10.9. The lowest BCUT2D eigenvalue weighted by Gasteiger charge is -2.31. The molecule has 3 rings (SSSR count). The average Bonchev–Trinajstić information content (AvgIpc) is 2.52. The standard InChI is InChI=1S/C15H17ClF2N2O2S/c16-11-13-12(15(18)19-14(11)17)20(8-9-23(13,21)22)7-6-10-4-2-1-3-5-10/h4H,1-3,5-9H2. The SMILES string of the molecule is O=S1(=O)CCN(CCC2=CCCCC2)c2c(F)nc(F)c(Cl)c21. The van der Waals surface area contributed by atoms with Crippen LogP contribution in [-0.4, -0.2) is 32.2 Å². The van der Waals surface area contributed by atoms with Crippen LogP contribution in [-0.2, 0) is 9.84 Å². The number of halogens is 3. The summed E-state index contributed by atoms with van der Waals surface area (Å²) in [4.78, 5) is 4.26. The highest BCUT2D eigenvalue weighted by Crippen LogP contribution is 2.38. The summed E-state index contributed by atoms with van der Waals surface area (Å²) in [6.45, 7) is 0.623. The van der Waals surface area contributed by atoms with Crippen molar-refractivity contribution < 1.29 is 17.2 Å². The van der Waals surface area contributed by atoms with Crippen LogP contribution in [0.2, 0.25) is 5.02 Å². The Labute approximate surface area is 139 Å². The van der Waals surface area contributed by atoms with Gasteiger partial charge in [-0.15, -0.1) is 0 Å². The minimum atomic E-state index is -3.80. The number of nitrogens with zero attached hydrogens (tertiary/aromatic N) is 2. The van der Waals surface area contributed by atoms with Crippen molar-refractivity contribution in [2.24, 2.45) is 0 Å². The van der Waals surface area contributed by atoms with Gasteiger partial charge in [-0.25, -0.2) is 8.42 Å². The predicted octanol–water partition coefficient (Wildman–Crippen LogP) is 3.50. The van der Waals surface area contributed by atoms with E-state index in [9.17, 15) is 17.2 Å². The number of anilines is 1. The van der Waals surface area contributed by atoms with Gasteiger partial charge in [-0.05, 0) is 32.1 Å². The maximum atomic E-state index is 14.1. The van der Waals surface area contributed by atoms with Gasteiger partial charge in [-0.3, -0.25) is 0 Å². The lowest BCUT2D eigenvalue weighted by atomic mass is 9.97. The molecule has 0 saturated heterocycles. The van der Waals surface area contributed by atoms with E-state index in [4.69, 9.17) is 11.6 Å². The van der Waals surface area contributed by atoms with Gasteiger partial charge in [-0.1, -0.05) is 23.3 Å². The van der Waals surface area contributed by atoms with Gasteiger partial charge in [0, 0.05) is 13.1 Å². The number of fused-ring (bicyclic) bond motifs is 1. The van der Waals surface area contributed by atoms with E-state index in [-0.39, 0.29) is 18.0 Å². The number of hydrogen-bond acceptors (Lipinski definition) is 4. The van der Waals surface area contributed by atoms with Gasteiger partial charge in [0.25, 0.3) is 0 Å². The number of aromatic nitrogens is 1. The molecule has 0 unspecified atom stereocenters. The second kappa shape index (κ2) is 6.36. The Hall–Kier alpha value is -1.21. The number of sulfone groups is 1. The average molecular weight is 363 g/mol. The summed E-state index contributed by atoms with van der Waals surface area (Å²) >= 11 is 5.76. The van der Waals surface area contributed by atoms with Crippen molar-refractivity contribution in [3.05, 3.63) is 28.6 Å². The molecule has 4 nitrogen and oxygen atoms in total. The van der Waals surface area contributed by atoms with Gasteiger partial charge in [0.15, 0.2) is 9.84 Å². The zero-order valence-corrected chi connectivity index (χ0v) is 14.1. The largest absolute Gasteiger partial charge is 0.365 e. The highest BCUT2D eigenvalue weighted by molar-refractivity contribution is 7.91. The minimum absolute atomic E-state index is 0.156.